The van der Waals surface area contributed by atoms with Gasteiger partial charge in [0.25, 0.3) is 0 Å². The molecule has 26 heavy (non-hydrogen) atoms. The summed E-state index contributed by atoms with van der Waals surface area (Å²) in [6, 6.07) is 1.98. The first kappa shape index (κ1) is 18.8. The molecule has 0 radical (unpaired) electrons. The lowest BCUT2D eigenvalue weighted by Crippen LogP contribution is -2.55. The highest BCUT2D eigenvalue weighted by molar-refractivity contribution is 5.78. The fourth-order valence-electron chi connectivity index (χ4n) is 3.57. The van der Waals surface area contributed by atoms with Crippen LogP contribution in [0.2, 0.25) is 0 Å². The molecule has 0 amide bonds. The second-order valence-corrected chi connectivity index (χ2v) is 7.52. The summed E-state index contributed by atoms with van der Waals surface area (Å²) in [5, 5.41) is 12.8. The molecule has 8 heteroatoms. The van der Waals surface area contributed by atoms with Crippen molar-refractivity contribution in [1.82, 2.24) is 9.97 Å². The molecule has 2 aliphatic heterocycles. The van der Waals surface area contributed by atoms with Crippen LogP contribution in [-0.4, -0.2) is 65.1 Å². The zero-order valence-corrected chi connectivity index (χ0v) is 15.6. The summed E-state index contributed by atoms with van der Waals surface area (Å²) in [5.74, 6) is 0.698. The molecule has 3 atom stereocenters. The number of carbonyl (C=O) groups is 1. The molecular formula is C18H28N4O4. The number of nitrogens with one attached hydrogen (secondary N) is 1. The van der Waals surface area contributed by atoms with Crippen LogP contribution in [0.15, 0.2) is 12.3 Å². The number of nitrogens with zero attached hydrogens (tertiary/aromatic N) is 3. The number of aliphatic carboxylic acids is 1. The van der Waals surface area contributed by atoms with Crippen LogP contribution in [0.4, 0.5) is 11.8 Å². The van der Waals surface area contributed by atoms with E-state index in [2.05, 4.69) is 29.1 Å². The third-order valence-corrected chi connectivity index (χ3v) is 5.03. The van der Waals surface area contributed by atoms with Gasteiger partial charge in [0, 0.05) is 19.3 Å². The van der Waals surface area contributed by atoms with Crippen molar-refractivity contribution in [2.24, 2.45) is 5.92 Å². The van der Waals surface area contributed by atoms with E-state index in [4.69, 9.17) is 9.47 Å². The Morgan fingerprint density at radius 2 is 2.27 bits per heavy atom. The minimum atomic E-state index is -1.23. The molecule has 144 valence electrons. The predicted octanol–water partition coefficient (Wildman–Crippen LogP) is 1.77. The van der Waals surface area contributed by atoms with E-state index in [-0.39, 0.29) is 18.7 Å². The smallest absolute Gasteiger partial charge is 0.337 e. The van der Waals surface area contributed by atoms with Gasteiger partial charge in [-0.3, -0.25) is 0 Å². The van der Waals surface area contributed by atoms with E-state index in [0.29, 0.717) is 30.8 Å². The van der Waals surface area contributed by atoms with Gasteiger partial charge in [0.1, 0.15) is 5.82 Å². The fraction of sp³-hybridized carbons (Fsp3) is 0.722. The predicted molar refractivity (Wildman–Crippen MR) is 97.5 cm³/mol. The van der Waals surface area contributed by atoms with Gasteiger partial charge in [-0.15, -0.1) is 0 Å². The first-order chi connectivity index (χ1) is 12.4. The first-order valence-corrected chi connectivity index (χ1v) is 9.22. The number of rotatable bonds is 5. The van der Waals surface area contributed by atoms with E-state index in [0.717, 1.165) is 19.4 Å². The summed E-state index contributed by atoms with van der Waals surface area (Å²) < 4.78 is 11.4. The topological polar surface area (TPSA) is 96.8 Å². The van der Waals surface area contributed by atoms with Crippen LogP contribution in [0.1, 0.15) is 33.6 Å². The molecule has 2 N–H and O–H groups in total. The van der Waals surface area contributed by atoms with Crippen LogP contribution in [0.5, 0.6) is 0 Å². The summed E-state index contributed by atoms with van der Waals surface area (Å²) in [6.45, 7) is 7.89. The Morgan fingerprint density at radius 3 is 3.00 bits per heavy atom. The monoisotopic (exact) mass is 364 g/mol. The van der Waals surface area contributed by atoms with Crippen molar-refractivity contribution >= 4 is 17.7 Å². The van der Waals surface area contributed by atoms with Gasteiger partial charge in [-0.1, -0.05) is 13.8 Å². The highest BCUT2D eigenvalue weighted by atomic mass is 16.5. The Morgan fingerprint density at radius 1 is 1.46 bits per heavy atom. The van der Waals surface area contributed by atoms with Gasteiger partial charge in [-0.05, 0) is 31.7 Å². The van der Waals surface area contributed by atoms with Crippen LogP contribution in [0.3, 0.4) is 0 Å². The number of ether oxygens (including phenoxy) is 2. The standard InChI is InChI=1S/C18H28N4O4/c1-12(2)15-13(5-4-9-25-15)20-17-19-7-6-14(21-17)22-8-10-26-18(3,11-22)16(23)24/h6-7,12-13,15H,4-5,8-11H2,1-3H3,(H,23,24)(H,19,20,21). The van der Waals surface area contributed by atoms with E-state index in [1.165, 1.54) is 0 Å². The molecule has 1 aromatic heterocycles. The number of hydrogen-bond acceptors (Lipinski definition) is 7. The molecule has 0 aromatic carbocycles. The number of morpholine rings is 1. The fourth-order valence-corrected chi connectivity index (χ4v) is 3.57. The Hall–Kier alpha value is -1.93. The third kappa shape index (κ3) is 4.07. The first-order valence-electron chi connectivity index (χ1n) is 9.22. The highest BCUT2D eigenvalue weighted by Crippen LogP contribution is 2.25. The molecule has 0 spiro atoms. The van der Waals surface area contributed by atoms with Crippen LogP contribution in [0, 0.1) is 5.92 Å². The summed E-state index contributed by atoms with van der Waals surface area (Å²) in [5.41, 5.74) is -1.23. The number of anilines is 2. The van der Waals surface area contributed by atoms with Crippen LogP contribution in [-0.2, 0) is 14.3 Å². The van der Waals surface area contributed by atoms with Crippen LogP contribution >= 0.6 is 0 Å². The van der Waals surface area contributed by atoms with Crippen LogP contribution < -0.4 is 10.2 Å². The van der Waals surface area contributed by atoms with Gasteiger partial charge in [-0.2, -0.15) is 4.98 Å². The van der Waals surface area contributed by atoms with Crippen LogP contribution in [0.25, 0.3) is 0 Å². The molecule has 3 unspecified atom stereocenters. The number of carboxylic acid groups (broad SMARTS) is 1. The van der Waals surface area contributed by atoms with Crippen molar-refractivity contribution in [3.63, 3.8) is 0 Å². The maximum atomic E-state index is 11.5. The average molecular weight is 364 g/mol. The molecule has 3 rings (SSSR count). The molecule has 0 bridgehead atoms. The molecule has 8 nitrogen and oxygen atoms in total. The Labute approximate surface area is 153 Å². The van der Waals surface area contributed by atoms with Gasteiger partial charge < -0.3 is 24.8 Å². The molecule has 0 saturated carbocycles. The van der Waals surface area contributed by atoms with E-state index in [1.807, 2.05) is 4.90 Å². The lowest BCUT2D eigenvalue weighted by molar-refractivity contribution is -0.164. The molecule has 1 aromatic rings. The van der Waals surface area contributed by atoms with Gasteiger partial charge in [0.05, 0.1) is 25.3 Å². The van der Waals surface area contributed by atoms with Crippen molar-refractivity contribution in [3.05, 3.63) is 12.3 Å². The summed E-state index contributed by atoms with van der Waals surface area (Å²) >= 11 is 0. The highest BCUT2D eigenvalue weighted by Gasteiger charge is 2.40. The van der Waals surface area contributed by atoms with Crippen molar-refractivity contribution in [3.8, 4) is 0 Å². The Bertz CT molecular complexity index is 641. The second kappa shape index (κ2) is 7.75. The Kier molecular flexibility index (Phi) is 5.62. The number of carboxylic acids is 1. The maximum Gasteiger partial charge on any atom is 0.337 e. The van der Waals surface area contributed by atoms with E-state index >= 15 is 0 Å². The van der Waals surface area contributed by atoms with Gasteiger partial charge in [0.15, 0.2) is 5.60 Å². The molecule has 0 aliphatic carbocycles. The van der Waals surface area contributed by atoms with Crippen molar-refractivity contribution in [2.75, 3.05) is 36.5 Å². The van der Waals surface area contributed by atoms with Gasteiger partial charge in [0.2, 0.25) is 5.95 Å². The number of aromatic nitrogens is 2. The van der Waals surface area contributed by atoms with Gasteiger partial charge >= 0.3 is 5.97 Å². The zero-order valence-electron chi connectivity index (χ0n) is 15.6. The van der Waals surface area contributed by atoms with Crippen molar-refractivity contribution in [2.45, 2.75) is 51.4 Å². The van der Waals surface area contributed by atoms with E-state index in [1.54, 1.807) is 19.2 Å². The zero-order chi connectivity index (χ0) is 18.7. The second-order valence-electron chi connectivity index (χ2n) is 7.52. The molecule has 2 saturated heterocycles. The maximum absolute atomic E-state index is 11.5. The lowest BCUT2D eigenvalue weighted by Gasteiger charge is -2.38. The minimum Gasteiger partial charge on any atom is -0.479 e. The average Bonchev–Trinajstić information content (AvgIpc) is 2.62. The molecular weight excluding hydrogens is 336 g/mol. The summed E-state index contributed by atoms with van der Waals surface area (Å²) in [6.07, 6.45) is 3.87. The number of hydrogen-bond donors (Lipinski definition) is 2. The minimum absolute atomic E-state index is 0.134. The quantitative estimate of drug-likeness (QED) is 0.816. The van der Waals surface area contributed by atoms with Crippen molar-refractivity contribution in [1.29, 1.82) is 0 Å². The largest absolute Gasteiger partial charge is 0.479 e. The molecule has 3 heterocycles. The summed E-state index contributed by atoms with van der Waals surface area (Å²) in [7, 11) is 0. The molecule has 2 fully saturated rings. The van der Waals surface area contributed by atoms with E-state index in [9.17, 15) is 9.90 Å². The summed E-state index contributed by atoms with van der Waals surface area (Å²) in [4.78, 5) is 22.4. The van der Waals surface area contributed by atoms with Gasteiger partial charge in [-0.25, -0.2) is 9.78 Å². The Balaban J connectivity index is 1.73. The van der Waals surface area contributed by atoms with Crippen molar-refractivity contribution < 1.29 is 19.4 Å². The lowest BCUT2D eigenvalue weighted by atomic mass is 9.94. The normalized spacial score (nSPS) is 29.6. The SMILES string of the molecule is CC(C)C1OCCCC1Nc1nccc(N2CCOC(C)(C(=O)O)C2)n1. The third-order valence-electron chi connectivity index (χ3n) is 5.03. The molecule has 2 aliphatic rings. The van der Waals surface area contributed by atoms with E-state index < -0.39 is 11.6 Å².